The molecule has 0 radical (unpaired) electrons. The van der Waals surface area contributed by atoms with Gasteiger partial charge in [0.15, 0.2) is 5.78 Å². The molecule has 0 atom stereocenters. The summed E-state index contributed by atoms with van der Waals surface area (Å²) in [6, 6.07) is 6.94. The van der Waals surface area contributed by atoms with Crippen LogP contribution in [0.4, 0.5) is 10.2 Å². The Kier molecular flexibility index (Phi) is 3.79. The van der Waals surface area contributed by atoms with Gasteiger partial charge in [-0.25, -0.2) is 4.39 Å². The Labute approximate surface area is 115 Å². The first kappa shape index (κ1) is 13.7. The Morgan fingerprint density at radius 2 is 2.00 bits per heavy atom. The van der Waals surface area contributed by atoms with E-state index in [1.807, 2.05) is 0 Å². The van der Waals surface area contributed by atoms with Gasteiger partial charge in [-0.1, -0.05) is 12.6 Å². The van der Waals surface area contributed by atoms with Crippen LogP contribution in [0.25, 0.3) is 0 Å². The average Bonchev–Trinajstić information content (AvgIpc) is 2.38. The van der Waals surface area contributed by atoms with Crippen LogP contribution in [-0.4, -0.2) is 10.8 Å². The number of aromatic nitrogens is 1. The Morgan fingerprint density at radius 3 is 2.65 bits per heavy atom. The van der Waals surface area contributed by atoms with Crippen LogP contribution < -0.4 is 10.9 Å². The molecular weight excluding hydrogens is 259 g/mol. The molecule has 1 heterocycles. The summed E-state index contributed by atoms with van der Waals surface area (Å²) in [4.78, 5) is 26.1. The summed E-state index contributed by atoms with van der Waals surface area (Å²) in [5.41, 5.74) is 0.488. The first-order chi connectivity index (χ1) is 9.52. The summed E-state index contributed by atoms with van der Waals surface area (Å²) in [5, 5.41) is 2.66. The van der Waals surface area contributed by atoms with Crippen LogP contribution in [0.1, 0.15) is 21.5 Å². The van der Waals surface area contributed by atoms with Gasteiger partial charge in [0.05, 0.1) is 11.1 Å². The maximum Gasteiger partial charge on any atom is 0.249 e. The summed E-state index contributed by atoms with van der Waals surface area (Å²) < 4.78 is 13.9. The molecule has 5 heteroatoms. The van der Waals surface area contributed by atoms with E-state index in [0.29, 0.717) is 0 Å². The zero-order valence-corrected chi connectivity index (χ0v) is 10.9. The van der Waals surface area contributed by atoms with Crippen molar-refractivity contribution >= 4 is 11.6 Å². The lowest BCUT2D eigenvalue weighted by Crippen LogP contribution is -2.14. The van der Waals surface area contributed by atoms with Crippen LogP contribution in [0.15, 0.2) is 47.9 Å². The Balaban J connectivity index is 2.53. The van der Waals surface area contributed by atoms with Crippen LogP contribution in [0.3, 0.4) is 0 Å². The zero-order valence-electron chi connectivity index (χ0n) is 10.9. The molecule has 0 aliphatic heterocycles. The summed E-state index contributed by atoms with van der Waals surface area (Å²) in [6.45, 7) is 5.21. The molecule has 2 N–H and O–H groups in total. The molecule has 0 amide bonds. The number of ketones is 1. The maximum atomic E-state index is 13.9. The third-order valence-electron chi connectivity index (χ3n) is 2.78. The summed E-state index contributed by atoms with van der Waals surface area (Å²) >= 11 is 0. The Bertz CT molecular complexity index is 735. The lowest BCUT2D eigenvalue weighted by atomic mass is 10.0. The number of pyridine rings is 1. The van der Waals surface area contributed by atoms with E-state index in [0.717, 1.165) is 5.56 Å². The molecule has 1 aromatic carbocycles. The molecule has 0 aliphatic rings. The lowest BCUT2D eigenvalue weighted by Gasteiger charge is -2.08. The highest BCUT2D eigenvalue weighted by Gasteiger charge is 2.17. The predicted octanol–water partition coefficient (Wildman–Crippen LogP) is 2.61. The molecule has 0 bridgehead atoms. The van der Waals surface area contributed by atoms with Gasteiger partial charge < -0.3 is 10.3 Å². The number of hydrogen-bond donors (Lipinski definition) is 2. The number of aryl methyl sites for hydroxylation is 1. The number of hydrogen-bond acceptors (Lipinski definition) is 3. The van der Waals surface area contributed by atoms with Gasteiger partial charge in [-0.15, -0.1) is 0 Å². The van der Waals surface area contributed by atoms with E-state index in [4.69, 9.17) is 0 Å². The van der Waals surface area contributed by atoms with E-state index < -0.39 is 11.6 Å². The second-order valence-corrected chi connectivity index (χ2v) is 4.27. The molecular formula is C15H13FN2O2. The monoisotopic (exact) mass is 272 g/mol. The highest BCUT2D eigenvalue weighted by Crippen LogP contribution is 2.18. The van der Waals surface area contributed by atoms with Crippen LogP contribution >= 0.6 is 0 Å². The van der Waals surface area contributed by atoms with Crippen LogP contribution in [-0.2, 0) is 0 Å². The van der Waals surface area contributed by atoms with Crippen molar-refractivity contribution in [1.82, 2.24) is 4.98 Å². The lowest BCUT2D eigenvalue weighted by molar-refractivity contribution is 0.103. The fourth-order valence-electron chi connectivity index (χ4n) is 1.83. The van der Waals surface area contributed by atoms with Crippen molar-refractivity contribution < 1.29 is 9.18 Å². The Morgan fingerprint density at radius 1 is 1.30 bits per heavy atom. The van der Waals surface area contributed by atoms with Gasteiger partial charge in [0.1, 0.15) is 11.6 Å². The third-order valence-corrected chi connectivity index (χ3v) is 2.78. The number of anilines is 1. The van der Waals surface area contributed by atoms with Crippen molar-refractivity contribution in [3.05, 3.63) is 76.0 Å². The number of nitrogens with one attached hydrogen (secondary N) is 2. The second kappa shape index (κ2) is 5.52. The molecule has 4 nitrogen and oxygen atoms in total. The number of aromatic amines is 1. The molecule has 102 valence electrons. The average molecular weight is 272 g/mol. The number of halogens is 1. The maximum absolute atomic E-state index is 13.9. The standard InChI is InChI=1S/C15H13FN2O2/c1-3-17-15-11(6-7-13(19)18-15)14(20)10-5-4-9(2)8-12(10)16/h3-8H,1H2,2H3,(H2,17,18,19). The minimum absolute atomic E-state index is 0.0465. The molecule has 0 aliphatic carbocycles. The van der Waals surface area contributed by atoms with Crippen molar-refractivity contribution in [3.63, 3.8) is 0 Å². The number of carbonyl (C=O) groups is 1. The molecule has 2 rings (SSSR count). The minimum atomic E-state index is -0.592. The molecule has 1 aromatic heterocycles. The van der Waals surface area contributed by atoms with E-state index >= 15 is 0 Å². The van der Waals surface area contributed by atoms with Gasteiger partial charge >= 0.3 is 0 Å². The smallest absolute Gasteiger partial charge is 0.249 e. The van der Waals surface area contributed by atoms with E-state index in [2.05, 4.69) is 16.9 Å². The Hall–Kier alpha value is -2.69. The molecule has 0 unspecified atom stereocenters. The molecule has 0 fully saturated rings. The number of benzene rings is 1. The number of H-pyrrole nitrogens is 1. The van der Waals surface area contributed by atoms with Crippen molar-refractivity contribution in [2.75, 3.05) is 5.32 Å². The van der Waals surface area contributed by atoms with Gasteiger partial charge in [-0.2, -0.15) is 0 Å². The van der Waals surface area contributed by atoms with Crippen LogP contribution in [0.2, 0.25) is 0 Å². The molecule has 0 saturated heterocycles. The summed E-state index contributed by atoms with van der Waals surface area (Å²) in [6.07, 6.45) is 1.33. The normalized spacial score (nSPS) is 10.1. The zero-order chi connectivity index (χ0) is 14.7. The highest BCUT2D eigenvalue weighted by molar-refractivity contribution is 6.12. The quantitative estimate of drug-likeness (QED) is 0.841. The second-order valence-electron chi connectivity index (χ2n) is 4.27. The van der Waals surface area contributed by atoms with Gasteiger partial charge in [-0.3, -0.25) is 9.59 Å². The fraction of sp³-hybridized carbons (Fsp3) is 0.0667. The van der Waals surface area contributed by atoms with Gasteiger partial charge in [0, 0.05) is 6.07 Å². The first-order valence-electron chi connectivity index (χ1n) is 5.94. The topological polar surface area (TPSA) is 62.0 Å². The number of rotatable bonds is 4. The van der Waals surface area contributed by atoms with Crippen molar-refractivity contribution in [1.29, 1.82) is 0 Å². The summed E-state index contributed by atoms with van der Waals surface area (Å²) in [7, 11) is 0. The molecule has 20 heavy (non-hydrogen) atoms. The first-order valence-corrected chi connectivity index (χ1v) is 5.94. The SMILES string of the molecule is C=CNc1[nH]c(=O)ccc1C(=O)c1ccc(C)cc1F. The molecule has 2 aromatic rings. The molecule has 0 spiro atoms. The summed E-state index contributed by atoms with van der Waals surface area (Å²) in [5.74, 6) is -0.911. The van der Waals surface area contributed by atoms with Crippen LogP contribution in [0.5, 0.6) is 0 Å². The van der Waals surface area contributed by atoms with Gasteiger partial charge in [-0.05, 0) is 36.9 Å². The van der Waals surface area contributed by atoms with Gasteiger partial charge in [0.2, 0.25) is 5.56 Å². The van der Waals surface area contributed by atoms with Gasteiger partial charge in [0.25, 0.3) is 0 Å². The highest BCUT2D eigenvalue weighted by atomic mass is 19.1. The van der Waals surface area contributed by atoms with E-state index in [-0.39, 0.29) is 22.5 Å². The third kappa shape index (κ3) is 2.66. The molecule has 0 saturated carbocycles. The van der Waals surface area contributed by atoms with Crippen molar-refractivity contribution in [2.24, 2.45) is 0 Å². The fourth-order valence-corrected chi connectivity index (χ4v) is 1.83. The number of carbonyl (C=O) groups excluding carboxylic acids is 1. The van der Waals surface area contributed by atoms with Crippen molar-refractivity contribution in [3.8, 4) is 0 Å². The van der Waals surface area contributed by atoms with Crippen molar-refractivity contribution in [2.45, 2.75) is 6.92 Å². The predicted molar refractivity (Wildman–Crippen MR) is 75.5 cm³/mol. The van der Waals surface area contributed by atoms with E-state index in [9.17, 15) is 14.0 Å². The minimum Gasteiger partial charge on any atom is -0.348 e. The largest absolute Gasteiger partial charge is 0.348 e. The van der Waals surface area contributed by atoms with E-state index in [1.54, 1.807) is 13.0 Å². The van der Waals surface area contributed by atoms with E-state index in [1.165, 1.54) is 30.5 Å². The van der Waals surface area contributed by atoms with Crippen LogP contribution in [0, 0.1) is 12.7 Å².